The zero-order valence-electron chi connectivity index (χ0n) is 17.1. The third-order valence-electron chi connectivity index (χ3n) is 4.71. The number of benzene rings is 2. The van der Waals surface area contributed by atoms with Crippen LogP contribution in [-0.4, -0.2) is 8.46 Å². The molecule has 1 unspecified atom stereocenters. The van der Waals surface area contributed by atoms with Crippen LogP contribution in [0.1, 0.15) is 27.7 Å². The zero-order chi connectivity index (χ0) is 18.4. The van der Waals surface area contributed by atoms with Crippen molar-refractivity contribution in [2.24, 2.45) is 5.92 Å². The SMILES string of the molecule is CC1=[C-]C(C)C(C)=C1C.C[Si](C)P(c1ccccc1)c1ccccc1.[Cl-].[Cr+2]. The van der Waals surface area contributed by atoms with Crippen molar-refractivity contribution in [1.29, 1.82) is 0 Å². The summed E-state index contributed by atoms with van der Waals surface area (Å²) >= 11 is 0. The summed E-state index contributed by atoms with van der Waals surface area (Å²) in [4.78, 5) is 0. The molecule has 3 rings (SSSR count). The number of halogens is 1. The summed E-state index contributed by atoms with van der Waals surface area (Å²) in [6.45, 7) is 13.5. The smallest absolute Gasteiger partial charge is 1.00 e. The molecule has 2 aromatic carbocycles. The number of hydrogen-bond donors (Lipinski definition) is 0. The van der Waals surface area contributed by atoms with Crippen molar-refractivity contribution >= 4 is 26.5 Å². The van der Waals surface area contributed by atoms with Crippen molar-refractivity contribution < 1.29 is 29.8 Å². The summed E-state index contributed by atoms with van der Waals surface area (Å²) in [6.07, 6.45) is 3.36. The van der Waals surface area contributed by atoms with Crippen LogP contribution in [0.25, 0.3) is 0 Å². The quantitative estimate of drug-likeness (QED) is 0.382. The number of rotatable bonds is 3. The van der Waals surface area contributed by atoms with E-state index in [1.807, 2.05) is 0 Å². The molecule has 0 aliphatic heterocycles. The summed E-state index contributed by atoms with van der Waals surface area (Å²) in [5.41, 5.74) is 4.25. The summed E-state index contributed by atoms with van der Waals surface area (Å²) in [7, 11) is -0.421. The first-order valence-corrected chi connectivity index (χ1v) is 13.6. The fourth-order valence-electron chi connectivity index (χ4n) is 2.98. The van der Waals surface area contributed by atoms with Gasteiger partial charge in [-0.25, -0.2) is 5.57 Å². The molecule has 4 heteroatoms. The van der Waals surface area contributed by atoms with Gasteiger partial charge >= 0.3 is 17.4 Å². The van der Waals surface area contributed by atoms with Gasteiger partial charge in [-0.3, -0.25) is 6.08 Å². The van der Waals surface area contributed by atoms with E-state index >= 15 is 0 Å². The molecule has 0 spiro atoms. The van der Waals surface area contributed by atoms with Crippen LogP contribution in [0.3, 0.4) is 0 Å². The molecule has 1 radical (unpaired) electrons. The Morgan fingerprint density at radius 2 is 1.22 bits per heavy atom. The molecule has 0 saturated carbocycles. The minimum absolute atomic E-state index is 0. The monoisotopic (exact) mass is 451 g/mol. The normalized spacial score (nSPS) is 15.6. The van der Waals surface area contributed by atoms with Gasteiger partial charge in [-0.05, 0) is 10.6 Å². The van der Waals surface area contributed by atoms with Gasteiger partial charge < -0.3 is 12.4 Å². The molecule has 1 aliphatic rings. The van der Waals surface area contributed by atoms with E-state index in [0.29, 0.717) is 5.92 Å². The van der Waals surface area contributed by atoms with Crippen molar-refractivity contribution in [3.05, 3.63) is 83.5 Å². The molecule has 0 fully saturated rings. The second-order valence-corrected chi connectivity index (χ2v) is 14.4. The van der Waals surface area contributed by atoms with Crippen molar-refractivity contribution in [3.63, 3.8) is 0 Å². The van der Waals surface area contributed by atoms with E-state index in [2.05, 4.69) is 108 Å². The molecule has 1 aliphatic carbocycles. The van der Waals surface area contributed by atoms with Crippen molar-refractivity contribution in [2.75, 3.05) is 0 Å². The summed E-state index contributed by atoms with van der Waals surface area (Å²) in [5, 5.41) is 3.03. The largest absolute Gasteiger partial charge is 2.00 e. The van der Waals surface area contributed by atoms with Crippen LogP contribution in [0.4, 0.5) is 0 Å². The van der Waals surface area contributed by atoms with Crippen LogP contribution >= 0.6 is 7.47 Å². The Hall–Kier alpha value is -0.611. The topological polar surface area (TPSA) is 0 Å². The minimum atomic E-state index is -0.313. The molecule has 143 valence electrons. The maximum absolute atomic E-state index is 3.36. The van der Waals surface area contributed by atoms with Gasteiger partial charge in [0.1, 0.15) is 0 Å². The van der Waals surface area contributed by atoms with Crippen LogP contribution in [-0.2, 0) is 17.4 Å². The molecular weight excluding hydrogens is 423 g/mol. The average Bonchev–Trinajstić information content (AvgIpc) is 2.83. The van der Waals surface area contributed by atoms with Crippen LogP contribution in [0.5, 0.6) is 0 Å². The van der Waals surface area contributed by atoms with E-state index in [9.17, 15) is 0 Å². The Morgan fingerprint density at radius 3 is 1.44 bits per heavy atom. The first-order valence-electron chi connectivity index (χ1n) is 8.90. The van der Waals surface area contributed by atoms with Crippen molar-refractivity contribution in [3.8, 4) is 0 Å². The minimum Gasteiger partial charge on any atom is -1.00 e. The second kappa shape index (κ2) is 12.8. The maximum atomic E-state index is 3.36. The van der Waals surface area contributed by atoms with E-state index in [4.69, 9.17) is 0 Å². The Bertz CT molecular complexity index is 702. The van der Waals surface area contributed by atoms with Crippen molar-refractivity contribution in [2.45, 2.75) is 40.8 Å². The van der Waals surface area contributed by atoms with Gasteiger partial charge in [0.2, 0.25) is 0 Å². The van der Waals surface area contributed by atoms with Gasteiger partial charge in [0.15, 0.2) is 0 Å². The molecule has 2 aromatic rings. The van der Waals surface area contributed by atoms with Crippen LogP contribution in [0, 0.1) is 12.0 Å². The second-order valence-electron chi connectivity index (χ2n) is 6.75. The Kier molecular flexibility index (Phi) is 12.5. The number of hydrogen-bond acceptors (Lipinski definition) is 0. The molecule has 0 nitrogen and oxygen atoms in total. The Labute approximate surface area is 185 Å². The molecule has 0 saturated heterocycles. The van der Waals surface area contributed by atoms with E-state index in [1.54, 1.807) is 0 Å². The molecule has 0 amide bonds. The molecule has 0 N–H and O–H groups in total. The molecule has 0 aromatic heterocycles. The summed E-state index contributed by atoms with van der Waals surface area (Å²) < 4.78 is 0. The molecule has 0 heterocycles. The first kappa shape index (κ1) is 26.4. The van der Waals surface area contributed by atoms with Gasteiger partial charge in [-0.15, -0.1) is 6.92 Å². The Balaban J connectivity index is 0.000000532. The third kappa shape index (κ3) is 7.38. The maximum Gasteiger partial charge on any atom is 2.00 e. The molecule has 0 bridgehead atoms. The Morgan fingerprint density at radius 1 is 0.815 bits per heavy atom. The van der Waals surface area contributed by atoms with Crippen LogP contribution in [0.2, 0.25) is 13.1 Å². The standard InChI is InChI=1S/C14H16PSi.C9H13.ClH.Cr/c1-16(2)15(13-9-5-3-6-10-13)14-11-7-4-8-12-14;1-6-5-7(2)9(4)8(6)3;;/h3-12H,1-2H3;6H,1-4H3;1H;/q;-1;;+2/p-1. The van der Waals surface area contributed by atoms with Gasteiger partial charge in [-0.2, -0.15) is 11.1 Å². The summed E-state index contributed by atoms with van der Waals surface area (Å²) in [6, 6.07) is 21.9. The third-order valence-corrected chi connectivity index (χ3v) is 11.5. The van der Waals surface area contributed by atoms with Crippen LogP contribution in [0.15, 0.2) is 77.4 Å². The predicted octanol–water partition coefficient (Wildman–Crippen LogP) is 3.09. The first-order chi connectivity index (χ1) is 11.9. The summed E-state index contributed by atoms with van der Waals surface area (Å²) in [5.74, 6) is 0.560. The van der Waals surface area contributed by atoms with E-state index in [-0.39, 0.29) is 45.7 Å². The average molecular weight is 452 g/mol. The number of allylic oxidation sites excluding steroid dienone is 4. The molecular formula is C23H29ClCrPSi. The van der Waals surface area contributed by atoms with Gasteiger partial charge in [-0.1, -0.05) is 108 Å². The molecule has 27 heavy (non-hydrogen) atoms. The van der Waals surface area contributed by atoms with Gasteiger partial charge in [0.25, 0.3) is 0 Å². The van der Waals surface area contributed by atoms with Crippen molar-refractivity contribution in [1.82, 2.24) is 0 Å². The predicted molar refractivity (Wildman–Crippen MR) is 117 cm³/mol. The zero-order valence-corrected chi connectivity index (χ0v) is 21.0. The molecule has 1 atom stereocenters. The van der Waals surface area contributed by atoms with Gasteiger partial charge in [0.05, 0.1) is 8.46 Å². The fourth-order valence-corrected chi connectivity index (χ4v) is 9.25. The van der Waals surface area contributed by atoms with Crippen LogP contribution < -0.4 is 23.0 Å². The van der Waals surface area contributed by atoms with Gasteiger partial charge in [0, 0.05) is 0 Å². The van der Waals surface area contributed by atoms with E-state index < -0.39 is 0 Å². The van der Waals surface area contributed by atoms with E-state index in [1.165, 1.54) is 27.3 Å². The van der Waals surface area contributed by atoms with E-state index in [0.717, 1.165) is 0 Å². The fraction of sp³-hybridized carbons (Fsp3) is 0.304.